The molecule has 0 spiro atoms. The lowest BCUT2D eigenvalue weighted by Crippen LogP contribution is -2.38. The van der Waals surface area contributed by atoms with Gasteiger partial charge in [0.1, 0.15) is 0 Å². The normalized spacial score (nSPS) is 19.1. The molecular weight excluding hydrogens is 282 g/mol. The highest BCUT2D eigenvalue weighted by atomic mass is 32.2. The van der Waals surface area contributed by atoms with Crippen molar-refractivity contribution in [2.24, 2.45) is 0 Å². The second-order valence-electron chi connectivity index (χ2n) is 4.63. The van der Waals surface area contributed by atoms with E-state index >= 15 is 0 Å². The molecule has 0 aromatic heterocycles. The monoisotopic (exact) mass is 300 g/mol. The largest absolute Gasteiger partial charge is 0.310 e. The van der Waals surface area contributed by atoms with Crippen molar-refractivity contribution in [1.29, 1.82) is 0 Å². The van der Waals surface area contributed by atoms with Gasteiger partial charge in [0.2, 0.25) is 5.91 Å². The van der Waals surface area contributed by atoms with Crippen molar-refractivity contribution >= 4 is 23.4 Å². The zero-order valence-electron chi connectivity index (χ0n) is 11.3. The van der Waals surface area contributed by atoms with Gasteiger partial charge in [-0.3, -0.25) is 4.79 Å². The zero-order valence-corrected chi connectivity index (χ0v) is 12.1. The number of hydrogen-bond donors (Lipinski definition) is 1. The minimum Gasteiger partial charge on any atom is -0.310 e. The minimum absolute atomic E-state index is 0.0271. The summed E-state index contributed by atoms with van der Waals surface area (Å²) in [5.74, 6) is -2.51. The number of para-hydroxylation sites is 1. The molecule has 110 valence electrons. The van der Waals surface area contributed by atoms with Gasteiger partial charge < -0.3 is 10.2 Å². The molecule has 1 heterocycles. The Balaban J connectivity index is 2.14. The van der Waals surface area contributed by atoms with Crippen LogP contribution in [0.15, 0.2) is 29.2 Å². The predicted molar refractivity (Wildman–Crippen MR) is 77.4 cm³/mol. The Morgan fingerprint density at radius 2 is 2.20 bits per heavy atom. The molecule has 1 N–H and O–H groups in total. The van der Waals surface area contributed by atoms with Crippen LogP contribution < -0.4 is 10.2 Å². The number of nitrogens with one attached hydrogen (secondary N) is 1. The molecule has 0 bridgehead atoms. The summed E-state index contributed by atoms with van der Waals surface area (Å²) in [6, 6.07) is 6.64. The molecule has 6 heteroatoms. The summed E-state index contributed by atoms with van der Waals surface area (Å²) < 4.78 is 25.2. The molecule has 1 saturated heterocycles. The molecule has 1 aromatic carbocycles. The van der Waals surface area contributed by atoms with E-state index in [2.05, 4.69) is 5.32 Å². The average molecular weight is 300 g/mol. The fraction of sp³-hybridized carbons (Fsp3) is 0.500. The van der Waals surface area contributed by atoms with E-state index < -0.39 is 5.76 Å². The molecule has 1 unspecified atom stereocenters. The number of hydrogen-bond acceptors (Lipinski definition) is 3. The number of benzene rings is 1. The maximum Gasteiger partial charge on any atom is 0.288 e. The number of carbonyl (C=O) groups is 1. The standard InChI is InChI=1S/C14H18F2N2OS/c1-2-8-17-10-7-9-18(13(10)19)11-5-3-4-6-12(11)20-14(15)16/h3-6,10,14,17H,2,7-9H2,1H3. The number of thioether (sulfide) groups is 1. The Morgan fingerprint density at radius 3 is 2.90 bits per heavy atom. The van der Waals surface area contributed by atoms with Crippen LogP contribution in [0, 0.1) is 0 Å². The van der Waals surface area contributed by atoms with Gasteiger partial charge in [-0.2, -0.15) is 8.78 Å². The SMILES string of the molecule is CCCNC1CCN(c2ccccc2SC(F)F)C1=O. The summed E-state index contributed by atoms with van der Waals surface area (Å²) >= 11 is 0.485. The predicted octanol–water partition coefficient (Wildman–Crippen LogP) is 3.11. The van der Waals surface area contributed by atoms with E-state index in [-0.39, 0.29) is 11.9 Å². The molecule has 1 aromatic rings. The van der Waals surface area contributed by atoms with Crippen molar-refractivity contribution in [3.63, 3.8) is 0 Å². The zero-order chi connectivity index (χ0) is 14.5. The van der Waals surface area contributed by atoms with Crippen molar-refractivity contribution in [1.82, 2.24) is 5.32 Å². The first-order valence-corrected chi connectivity index (χ1v) is 7.60. The topological polar surface area (TPSA) is 32.3 Å². The molecule has 20 heavy (non-hydrogen) atoms. The van der Waals surface area contributed by atoms with Gasteiger partial charge in [0.05, 0.1) is 11.7 Å². The molecule has 1 aliphatic rings. The van der Waals surface area contributed by atoms with Gasteiger partial charge in [-0.15, -0.1) is 0 Å². The molecule has 0 aliphatic carbocycles. The third-order valence-corrected chi connectivity index (χ3v) is 4.00. The van der Waals surface area contributed by atoms with Crippen LogP contribution in [-0.4, -0.2) is 30.8 Å². The van der Waals surface area contributed by atoms with Gasteiger partial charge in [-0.25, -0.2) is 0 Å². The van der Waals surface area contributed by atoms with E-state index in [1.165, 1.54) is 0 Å². The van der Waals surface area contributed by atoms with Gasteiger partial charge in [0.15, 0.2) is 0 Å². The number of alkyl halides is 2. The lowest BCUT2D eigenvalue weighted by Gasteiger charge is -2.20. The second-order valence-corrected chi connectivity index (χ2v) is 5.66. The fourth-order valence-electron chi connectivity index (χ4n) is 2.30. The number of anilines is 1. The molecule has 1 fully saturated rings. The summed E-state index contributed by atoms with van der Waals surface area (Å²) in [7, 11) is 0. The van der Waals surface area contributed by atoms with E-state index in [4.69, 9.17) is 0 Å². The fourth-order valence-corrected chi connectivity index (χ4v) is 2.95. The Bertz CT molecular complexity index is 470. The van der Waals surface area contributed by atoms with Gasteiger partial charge in [0, 0.05) is 11.4 Å². The van der Waals surface area contributed by atoms with E-state index in [9.17, 15) is 13.6 Å². The first-order valence-electron chi connectivity index (χ1n) is 6.72. The number of halogens is 2. The Hall–Kier alpha value is -1.14. The van der Waals surface area contributed by atoms with Gasteiger partial charge in [-0.1, -0.05) is 30.8 Å². The van der Waals surface area contributed by atoms with Crippen molar-refractivity contribution in [3.05, 3.63) is 24.3 Å². The molecule has 1 aliphatic heterocycles. The Morgan fingerprint density at radius 1 is 1.45 bits per heavy atom. The van der Waals surface area contributed by atoms with Crippen molar-refractivity contribution in [2.45, 2.75) is 36.5 Å². The summed E-state index contributed by atoms with van der Waals surface area (Å²) in [5, 5.41) is 3.19. The van der Waals surface area contributed by atoms with Crippen LogP contribution in [0.5, 0.6) is 0 Å². The van der Waals surface area contributed by atoms with Crippen LogP contribution in [0.25, 0.3) is 0 Å². The minimum atomic E-state index is -2.48. The number of nitrogens with zero attached hydrogens (tertiary/aromatic N) is 1. The van der Waals surface area contributed by atoms with Gasteiger partial charge >= 0.3 is 0 Å². The molecule has 0 saturated carbocycles. The van der Waals surface area contributed by atoms with Crippen LogP contribution in [0.3, 0.4) is 0 Å². The first-order chi connectivity index (χ1) is 9.63. The van der Waals surface area contributed by atoms with Crippen LogP contribution in [-0.2, 0) is 4.79 Å². The van der Waals surface area contributed by atoms with E-state index in [1.54, 1.807) is 29.2 Å². The Labute approximate surface area is 121 Å². The molecular formula is C14H18F2N2OS. The number of rotatable bonds is 6. The van der Waals surface area contributed by atoms with Gasteiger partial charge in [-0.05, 0) is 31.5 Å². The highest BCUT2D eigenvalue weighted by Gasteiger charge is 2.33. The molecule has 0 radical (unpaired) electrons. The average Bonchev–Trinajstić information content (AvgIpc) is 2.78. The van der Waals surface area contributed by atoms with Crippen LogP contribution in [0.1, 0.15) is 19.8 Å². The highest BCUT2D eigenvalue weighted by molar-refractivity contribution is 7.99. The molecule has 2 rings (SSSR count). The summed E-state index contributed by atoms with van der Waals surface area (Å²) in [6.45, 7) is 3.40. The van der Waals surface area contributed by atoms with Crippen molar-refractivity contribution in [3.8, 4) is 0 Å². The third-order valence-electron chi connectivity index (χ3n) is 3.22. The molecule has 1 amide bonds. The van der Waals surface area contributed by atoms with Crippen LogP contribution in [0.4, 0.5) is 14.5 Å². The van der Waals surface area contributed by atoms with Crippen LogP contribution >= 0.6 is 11.8 Å². The Kier molecular flexibility index (Phi) is 5.37. The van der Waals surface area contributed by atoms with Crippen LogP contribution in [0.2, 0.25) is 0 Å². The second kappa shape index (κ2) is 7.04. The van der Waals surface area contributed by atoms with Crippen molar-refractivity contribution < 1.29 is 13.6 Å². The third kappa shape index (κ3) is 3.49. The highest BCUT2D eigenvalue weighted by Crippen LogP contribution is 2.35. The van der Waals surface area contributed by atoms with E-state index in [1.807, 2.05) is 6.92 Å². The maximum atomic E-state index is 12.6. The van der Waals surface area contributed by atoms with E-state index in [0.29, 0.717) is 35.3 Å². The first kappa shape index (κ1) is 15.3. The van der Waals surface area contributed by atoms with E-state index in [0.717, 1.165) is 13.0 Å². The quantitative estimate of drug-likeness (QED) is 0.819. The maximum absolute atomic E-state index is 12.6. The molecule has 1 atom stereocenters. The van der Waals surface area contributed by atoms with Crippen molar-refractivity contribution in [2.75, 3.05) is 18.0 Å². The lowest BCUT2D eigenvalue weighted by molar-refractivity contribution is -0.118. The number of amides is 1. The smallest absolute Gasteiger partial charge is 0.288 e. The summed E-state index contributed by atoms with van der Waals surface area (Å²) in [4.78, 5) is 14.4. The molecule has 3 nitrogen and oxygen atoms in total. The number of carbonyl (C=O) groups excluding carboxylic acids is 1. The van der Waals surface area contributed by atoms with Gasteiger partial charge in [0.25, 0.3) is 5.76 Å². The lowest BCUT2D eigenvalue weighted by atomic mass is 10.2. The summed E-state index contributed by atoms with van der Waals surface area (Å²) in [5.41, 5.74) is 0.587. The summed E-state index contributed by atoms with van der Waals surface area (Å²) in [6.07, 6.45) is 1.67.